The minimum atomic E-state index is -4.02. The third kappa shape index (κ3) is 5.37. The molecule has 8 heteroatoms. The zero-order chi connectivity index (χ0) is 16.1. The van der Waals surface area contributed by atoms with Gasteiger partial charge < -0.3 is 10.2 Å². The van der Waals surface area contributed by atoms with E-state index in [0.717, 1.165) is 19.4 Å². The first-order valence-electron chi connectivity index (χ1n) is 5.40. The molecule has 0 aliphatic rings. The molecule has 0 unspecified atom stereocenters. The fourth-order valence-electron chi connectivity index (χ4n) is 0.802. The van der Waals surface area contributed by atoms with Crippen LogP contribution in [-0.4, -0.2) is 35.1 Å². The van der Waals surface area contributed by atoms with Gasteiger partial charge in [-0.15, -0.1) is 0 Å². The van der Waals surface area contributed by atoms with Crippen LogP contribution in [0.2, 0.25) is 0 Å². The molecule has 0 fully saturated rings. The number of carbonyl (C=O) groups is 2. The molecule has 0 aliphatic heterocycles. The van der Waals surface area contributed by atoms with Gasteiger partial charge in [0.1, 0.15) is 0 Å². The van der Waals surface area contributed by atoms with Crippen molar-refractivity contribution >= 4 is 22.1 Å². The number of benzene rings is 1. The van der Waals surface area contributed by atoms with E-state index < -0.39 is 27.5 Å². The summed E-state index contributed by atoms with van der Waals surface area (Å²) in [5.74, 6) is -2.65. The number of carboxylic acids is 2. The van der Waals surface area contributed by atoms with Crippen molar-refractivity contribution in [3.05, 3.63) is 29.8 Å². The molecule has 0 bridgehead atoms. The van der Waals surface area contributed by atoms with Gasteiger partial charge in [-0.3, -0.25) is 14.1 Å². The molecule has 0 atom stereocenters. The van der Waals surface area contributed by atoms with Crippen molar-refractivity contribution in [2.45, 2.75) is 25.7 Å². The molecule has 0 heterocycles. The first-order chi connectivity index (χ1) is 8.89. The normalized spacial score (nSPS) is 11.2. The number of hydrogen-bond donors (Lipinski definition) is 3. The highest BCUT2D eigenvalue weighted by molar-refractivity contribution is 7.85. The molecule has 1 aromatic carbocycles. The summed E-state index contributed by atoms with van der Waals surface area (Å²) in [7, 11) is -4.02. The second-order valence-electron chi connectivity index (χ2n) is 4.52. The number of aliphatic carboxylic acids is 2. The summed E-state index contributed by atoms with van der Waals surface area (Å²) in [4.78, 5) is 20.1. The summed E-state index contributed by atoms with van der Waals surface area (Å²) in [6.45, 7) is 4.11. The maximum absolute atomic E-state index is 10.5. The molecular weight excluding hydrogens is 288 g/mol. The van der Waals surface area contributed by atoms with Crippen LogP contribution < -0.4 is 0 Å². The molecule has 0 amide bonds. The Morgan fingerprint density at radius 2 is 1.35 bits per heavy atom. The van der Waals surface area contributed by atoms with Crippen molar-refractivity contribution < 1.29 is 32.8 Å². The van der Waals surface area contributed by atoms with E-state index >= 15 is 0 Å². The summed E-state index contributed by atoms with van der Waals surface area (Å²) >= 11 is 0. The highest BCUT2D eigenvalue weighted by atomic mass is 32.2. The average molecular weight is 304 g/mol. The van der Waals surface area contributed by atoms with Crippen LogP contribution in [0.1, 0.15) is 19.4 Å². The van der Waals surface area contributed by atoms with E-state index in [1.165, 1.54) is 12.1 Å². The summed E-state index contributed by atoms with van der Waals surface area (Å²) in [6.07, 6.45) is 0. The molecule has 3 N–H and O–H groups in total. The summed E-state index contributed by atoms with van der Waals surface area (Å²) in [6, 6.07) is 5.99. The number of rotatable bonds is 3. The quantitative estimate of drug-likeness (QED) is 0.569. The van der Waals surface area contributed by atoms with Crippen molar-refractivity contribution in [1.82, 2.24) is 0 Å². The molecule has 20 heavy (non-hydrogen) atoms. The second kappa shape index (κ2) is 6.49. The zero-order valence-corrected chi connectivity index (χ0v) is 12.0. The van der Waals surface area contributed by atoms with Crippen molar-refractivity contribution in [2.24, 2.45) is 5.41 Å². The monoisotopic (exact) mass is 304 g/mol. The van der Waals surface area contributed by atoms with Crippen molar-refractivity contribution in [2.75, 3.05) is 0 Å². The smallest absolute Gasteiger partial charge is 0.320 e. The Kier molecular flexibility index (Phi) is 5.86. The SMILES string of the molecule is CC(C)(C(=O)O)C(=O)O.Cc1ccc(S(=O)(=O)O)cc1. The van der Waals surface area contributed by atoms with E-state index in [1.54, 1.807) is 12.1 Å². The molecule has 1 rings (SSSR count). The summed E-state index contributed by atoms with van der Waals surface area (Å²) in [5.41, 5.74) is -0.711. The number of carboxylic acid groups (broad SMARTS) is 2. The third-order valence-corrected chi connectivity index (χ3v) is 3.26. The van der Waals surface area contributed by atoms with Crippen LogP contribution in [0.25, 0.3) is 0 Å². The molecular formula is C12H16O7S. The van der Waals surface area contributed by atoms with Gasteiger partial charge in [0, 0.05) is 0 Å². The molecule has 1 aromatic rings. The third-order valence-electron chi connectivity index (χ3n) is 2.39. The number of hydrogen-bond acceptors (Lipinski definition) is 4. The Bertz CT molecular complexity index is 569. The van der Waals surface area contributed by atoms with Gasteiger partial charge in [-0.1, -0.05) is 17.7 Å². The lowest BCUT2D eigenvalue weighted by molar-refractivity contribution is -0.161. The standard InChI is InChI=1S/C7H8O3S.C5H8O4/c1-6-2-4-7(5-3-6)11(8,9)10;1-5(2,3(6)7)4(8)9/h2-5H,1H3,(H,8,9,10);1-2H3,(H,6,7)(H,8,9). The van der Waals surface area contributed by atoms with E-state index in [1.807, 2.05) is 6.92 Å². The van der Waals surface area contributed by atoms with Gasteiger partial charge in [0.05, 0.1) is 4.90 Å². The first kappa shape index (κ1) is 18.1. The predicted octanol–water partition coefficient (Wildman–Crippen LogP) is 1.42. The molecule has 0 aromatic heterocycles. The molecule has 0 spiro atoms. The van der Waals surface area contributed by atoms with Crippen LogP contribution in [0.3, 0.4) is 0 Å². The van der Waals surface area contributed by atoms with Crippen LogP contribution in [0.4, 0.5) is 0 Å². The highest BCUT2D eigenvalue weighted by Crippen LogP contribution is 2.14. The van der Waals surface area contributed by atoms with Gasteiger partial charge >= 0.3 is 11.9 Å². The van der Waals surface area contributed by atoms with E-state index in [2.05, 4.69) is 0 Å². The lowest BCUT2D eigenvalue weighted by Crippen LogP contribution is -2.32. The van der Waals surface area contributed by atoms with Gasteiger partial charge in [-0.2, -0.15) is 8.42 Å². The molecule has 0 saturated carbocycles. The van der Waals surface area contributed by atoms with Crippen LogP contribution in [0.15, 0.2) is 29.2 Å². The molecule has 0 aliphatic carbocycles. The highest BCUT2D eigenvalue weighted by Gasteiger charge is 2.35. The predicted molar refractivity (Wildman–Crippen MR) is 70.0 cm³/mol. The summed E-state index contributed by atoms with van der Waals surface area (Å²) in [5, 5.41) is 16.5. The van der Waals surface area contributed by atoms with Crippen LogP contribution in [-0.2, 0) is 19.7 Å². The fraction of sp³-hybridized carbons (Fsp3) is 0.333. The van der Waals surface area contributed by atoms with Crippen LogP contribution in [0, 0.1) is 12.3 Å². The van der Waals surface area contributed by atoms with Gasteiger partial charge in [0.2, 0.25) is 0 Å². The largest absolute Gasteiger partial charge is 0.480 e. The Morgan fingerprint density at radius 1 is 1.00 bits per heavy atom. The maximum Gasteiger partial charge on any atom is 0.320 e. The fourth-order valence-corrected chi connectivity index (χ4v) is 1.28. The maximum atomic E-state index is 10.5. The molecule has 0 radical (unpaired) electrons. The summed E-state index contributed by atoms with van der Waals surface area (Å²) < 4.78 is 29.6. The Balaban J connectivity index is 0.000000370. The van der Waals surface area contributed by atoms with Gasteiger partial charge in [0.25, 0.3) is 10.1 Å². The van der Waals surface area contributed by atoms with Gasteiger partial charge in [-0.05, 0) is 32.9 Å². The van der Waals surface area contributed by atoms with E-state index in [4.69, 9.17) is 14.8 Å². The number of aryl methyl sites for hydroxylation is 1. The first-order valence-corrected chi connectivity index (χ1v) is 6.84. The molecule has 7 nitrogen and oxygen atoms in total. The van der Waals surface area contributed by atoms with Crippen molar-refractivity contribution in [3.8, 4) is 0 Å². The molecule has 112 valence electrons. The minimum absolute atomic E-state index is 0.0666. The van der Waals surface area contributed by atoms with Crippen LogP contribution in [0.5, 0.6) is 0 Å². The van der Waals surface area contributed by atoms with E-state index in [9.17, 15) is 18.0 Å². The Morgan fingerprint density at radius 3 is 1.55 bits per heavy atom. The zero-order valence-electron chi connectivity index (χ0n) is 11.2. The van der Waals surface area contributed by atoms with E-state index in [-0.39, 0.29) is 4.90 Å². The second-order valence-corrected chi connectivity index (χ2v) is 5.94. The lowest BCUT2D eigenvalue weighted by Gasteiger charge is -2.10. The van der Waals surface area contributed by atoms with Crippen molar-refractivity contribution in [3.63, 3.8) is 0 Å². The average Bonchev–Trinajstić information content (AvgIpc) is 2.28. The molecule has 0 saturated heterocycles. The lowest BCUT2D eigenvalue weighted by atomic mass is 9.95. The Labute approximate surface area is 116 Å². The van der Waals surface area contributed by atoms with Gasteiger partial charge in [-0.25, -0.2) is 0 Å². The minimum Gasteiger partial charge on any atom is -0.480 e. The van der Waals surface area contributed by atoms with Crippen LogP contribution >= 0.6 is 0 Å². The van der Waals surface area contributed by atoms with Crippen molar-refractivity contribution in [1.29, 1.82) is 0 Å². The topological polar surface area (TPSA) is 129 Å². The van der Waals surface area contributed by atoms with E-state index in [0.29, 0.717) is 0 Å². The van der Waals surface area contributed by atoms with Gasteiger partial charge in [0.15, 0.2) is 5.41 Å². The Hall–Kier alpha value is -1.93.